The minimum absolute atomic E-state index is 0.248. The largest absolute Gasteiger partial charge is 0.354 e. The molecule has 8 heteroatoms. The summed E-state index contributed by atoms with van der Waals surface area (Å²) in [6, 6.07) is 16.3. The first-order valence-electron chi connectivity index (χ1n) is 9.19. The molecule has 0 aliphatic rings. The van der Waals surface area contributed by atoms with Gasteiger partial charge in [0, 0.05) is 12.7 Å². The zero-order valence-corrected chi connectivity index (χ0v) is 15.5. The number of fused-ring (bicyclic) bond motifs is 1. The number of aromatic nitrogens is 4. The van der Waals surface area contributed by atoms with Gasteiger partial charge in [-0.2, -0.15) is 5.10 Å². The average molecular weight is 389 g/mol. The van der Waals surface area contributed by atoms with Crippen LogP contribution in [0.15, 0.2) is 76.6 Å². The van der Waals surface area contributed by atoms with Gasteiger partial charge in [0.05, 0.1) is 22.7 Å². The predicted molar refractivity (Wildman–Crippen MR) is 109 cm³/mol. The second kappa shape index (κ2) is 7.97. The van der Waals surface area contributed by atoms with Crippen molar-refractivity contribution < 1.29 is 4.79 Å². The number of carbonyl (C=O) groups excluding carboxylic acids is 1. The van der Waals surface area contributed by atoms with Crippen LogP contribution in [0.5, 0.6) is 0 Å². The van der Waals surface area contributed by atoms with E-state index >= 15 is 0 Å². The zero-order valence-electron chi connectivity index (χ0n) is 15.5. The molecule has 1 amide bonds. The topological polar surface area (TPSA) is 102 Å². The van der Waals surface area contributed by atoms with Crippen molar-refractivity contribution in [1.29, 1.82) is 0 Å². The van der Waals surface area contributed by atoms with E-state index in [9.17, 15) is 14.4 Å². The summed E-state index contributed by atoms with van der Waals surface area (Å²) >= 11 is 0. The summed E-state index contributed by atoms with van der Waals surface area (Å²) in [5.41, 5.74) is 1.13. The monoisotopic (exact) mass is 389 g/mol. The molecule has 0 unspecified atom stereocenters. The standard InChI is InChI=1S/C21H19N5O3/c27-19(14-26-21(29)18-9-5-4-8-17(18)20(28)24-26)22-11-10-15-12-23-25(13-15)16-6-2-1-3-7-16/h1-9,12-13H,10-11,14H2,(H,22,27)(H,24,28). The molecule has 146 valence electrons. The van der Waals surface area contributed by atoms with Crippen molar-refractivity contribution in [2.24, 2.45) is 0 Å². The Balaban J connectivity index is 1.37. The molecule has 0 saturated heterocycles. The van der Waals surface area contributed by atoms with E-state index in [4.69, 9.17) is 0 Å². The summed E-state index contributed by atoms with van der Waals surface area (Å²) in [6.45, 7) is 0.147. The van der Waals surface area contributed by atoms with Gasteiger partial charge in [0.15, 0.2) is 0 Å². The molecule has 0 bridgehead atoms. The molecule has 0 spiro atoms. The van der Waals surface area contributed by atoms with E-state index in [1.54, 1.807) is 35.1 Å². The van der Waals surface area contributed by atoms with Crippen LogP contribution in [0, 0.1) is 0 Å². The zero-order chi connectivity index (χ0) is 20.2. The van der Waals surface area contributed by atoms with Gasteiger partial charge in [0.1, 0.15) is 6.54 Å². The number of amides is 1. The van der Waals surface area contributed by atoms with Crippen LogP contribution in [0.3, 0.4) is 0 Å². The molecular weight excluding hydrogens is 370 g/mol. The Bertz CT molecular complexity index is 1270. The Morgan fingerprint density at radius 3 is 2.52 bits per heavy atom. The van der Waals surface area contributed by atoms with E-state index in [-0.39, 0.29) is 17.8 Å². The molecule has 0 fully saturated rings. The summed E-state index contributed by atoms with van der Waals surface area (Å²) in [7, 11) is 0. The smallest absolute Gasteiger partial charge is 0.273 e. The number of H-pyrrole nitrogens is 1. The summed E-state index contributed by atoms with van der Waals surface area (Å²) in [4.78, 5) is 36.8. The molecule has 8 nitrogen and oxygen atoms in total. The van der Waals surface area contributed by atoms with Gasteiger partial charge in [0.2, 0.25) is 5.91 Å². The van der Waals surface area contributed by atoms with Gasteiger partial charge in [-0.3, -0.25) is 19.5 Å². The molecule has 4 aromatic rings. The van der Waals surface area contributed by atoms with Crippen molar-refractivity contribution in [3.8, 4) is 5.69 Å². The van der Waals surface area contributed by atoms with Crippen LogP contribution in [-0.4, -0.2) is 32.0 Å². The third-order valence-electron chi connectivity index (χ3n) is 4.58. The van der Waals surface area contributed by atoms with Gasteiger partial charge in [-0.1, -0.05) is 30.3 Å². The van der Waals surface area contributed by atoms with Gasteiger partial charge in [-0.25, -0.2) is 9.36 Å². The number of aromatic amines is 1. The second-order valence-electron chi connectivity index (χ2n) is 6.61. The molecule has 0 saturated carbocycles. The van der Waals surface area contributed by atoms with E-state index < -0.39 is 11.1 Å². The van der Waals surface area contributed by atoms with E-state index in [0.717, 1.165) is 15.9 Å². The number of rotatable bonds is 6. The molecule has 2 aromatic carbocycles. The molecule has 0 atom stereocenters. The summed E-state index contributed by atoms with van der Waals surface area (Å²) < 4.78 is 2.81. The van der Waals surface area contributed by atoms with Gasteiger partial charge >= 0.3 is 0 Å². The summed E-state index contributed by atoms with van der Waals surface area (Å²) in [5, 5.41) is 10.1. The van der Waals surface area contributed by atoms with Crippen LogP contribution in [0.1, 0.15) is 5.56 Å². The molecule has 4 rings (SSSR count). The van der Waals surface area contributed by atoms with Crippen molar-refractivity contribution in [3.05, 3.63) is 93.3 Å². The first-order chi connectivity index (χ1) is 14.1. The molecule has 0 aliphatic carbocycles. The first kappa shape index (κ1) is 18.4. The maximum Gasteiger partial charge on any atom is 0.273 e. The number of nitrogens with one attached hydrogen (secondary N) is 2. The van der Waals surface area contributed by atoms with Crippen LogP contribution < -0.4 is 16.4 Å². The summed E-state index contributed by atoms with van der Waals surface area (Å²) in [6.07, 6.45) is 4.26. The van der Waals surface area contributed by atoms with Gasteiger partial charge < -0.3 is 5.32 Å². The normalized spacial score (nSPS) is 10.9. The van der Waals surface area contributed by atoms with Crippen LogP contribution in [-0.2, 0) is 17.8 Å². The SMILES string of the molecule is O=C(Cn1[nH]c(=O)c2ccccc2c1=O)NCCc1cnn(-c2ccccc2)c1. The second-order valence-corrected chi connectivity index (χ2v) is 6.61. The van der Waals surface area contributed by atoms with Crippen molar-refractivity contribution in [1.82, 2.24) is 24.9 Å². The van der Waals surface area contributed by atoms with Crippen molar-refractivity contribution in [2.45, 2.75) is 13.0 Å². The third kappa shape index (κ3) is 4.01. The quantitative estimate of drug-likeness (QED) is 0.518. The molecule has 0 radical (unpaired) electrons. The molecule has 29 heavy (non-hydrogen) atoms. The predicted octanol–water partition coefficient (Wildman–Crippen LogP) is 1.23. The number of hydrogen-bond donors (Lipinski definition) is 2. The highest BCUT2D eigenvalue weighted by molar-refractivity contribution is 5.81. The number of hydrogen-bond acceptors (Lipinski definition) is 4. The highest BCUT2D eigenvalue weighted by atomic mass is 16.2. The Morgan fingerprint density at radius 2 is 1.72 bits per heavy atom. The lowest BCUT2D eigenvalue weighted by atomic mass is 10.2. The summed E-state index contributed by atoms with van der Waals surface area (Å²) in [5.74, 6) is -0.353. The van der Waals surface area contributed by atoms with E-state index in [2.05, 4.69) is 15.5 Å². The molecule has 2 heterocycles. The Morgan fingerprint density at radius 1 is 1.00 bits per heavy atom. The van der Waals surface area contributed by atoms with Crippen molar-refractivity contribution >= 4 is 16.7 Å². The number of benzene rings is 2. The molecule has 0 aliphatic heterocycles. The highest BCUT2D eigenvalue weighted by Crippen LogP contribution is 2.07. The van der Waals surface area contributed by atoms with Crippen LogP contribution in [0.2, 0.25) is 0 Å². The van der Waals surface area contributed by atoms with Gasteiger partial charge in [0.25, 0.3) is 11.1 Å². The lowest BCUT2D eigenvalue weighted by molar-refractivity contribution is -0.121. The Labute approximate surface area is 165 Å². The number of para-hydroxylation sites is 1. The van der Waals surface area contributed by atoms with E-state index in [1.807, 2.05) is 36.5 Å². The highest BCUT2D eigenvalue weighted by Gasteiger charge is 2.10. The van der Waals surface area contributed by atoms with Crippen LogP contribution in [0.4, 0.5) is 0 Å². The fraction of sp³-hybridized carbons (Fsp3) is 0.143. The minimum Gasteiger partial charge on any atom is -0.354 e. The fourth-order valence-corrected chi connectivity index (χ4v) is 3.11. The molecule has 2 aromatic heterocycles. The Hall–Kier alpha value is -3.94. The maximum absolute atomic E-state index is 12.5. The lowest BCUT2D eigenvalue weighted by Gasteiger charge is -2.08. The van der Waals surface area contributed by atoms with E-state index in [0.29, 0.717) is 18.4 Å². The van der Waals surface area contributed by atoms with Crippen molar-refractivity contribution in [2.75, 3.05) is 6.54 Å². The fourth-order valence-electron chi connectivity index (χ4n) is 3.11. The van der Waals surface area contributed by atoms with Gasteiger partial charge in [-0.15, -0.1) is 0 Å². The third-order valence-corrected chi connectivity index (χ3v) is 4.58. The van der Waals surface area contributed by atoms with Crippen LogP contribution in [0.25, 0.3) is 16.5 Å². The Kier molecular flexibility index (Phi) is 5.07. The number of carbonyl (C=O) groups is 1. The molecule has 2 N–H and O–H groups in total. The molecular formula is C21H19N5O3. The average Bonchev–Trinajstić information content (AvgIpc) is 3.21. The van der Waals surface area contributed by atoms with Gasteiger partial charge in [-0.05, 0) is 36.2 Å². The lowest BCUT2D eigenvalue weighted by Crippen LogP contribution is -2.37. The minimum atomic E-state index is -0.403. The van der Waals surface area contributed by atoms with Crippen molar-refractivity contribution in [3.63, 3.8) is 0 Å². The number of nitrogens with zero attached hydrogens (tertiary/aromatic N) is 3. The van der Waals surface area contributed by atoms with E-state index in [1.165, 1.54) is 0 Å². The maximum atomic E-state index is 12.5. The first-order valence-corrected chi connectivity index (χ1v) is 9.19. The van der Waals surface area contributed by atoms with Crippen LogP contribution >= 0.6 is 0 Å².